The van der Waals surface area contributed by atoms with Gasteiger partial charge in [-0.25, -0.2) is 0 Å². The van der Waals surface area contributed by atoms with Crippen molar-refractivity contribution in [2.24, 2.45) is 22.5 Å². The number of nitrogens with two attached hydrogens (primary N) is 1. The topological polar surface area (TPSA) is 55.1 Å². The maximum atomic E-state index is 12.6. The largest absolute Gasteiger partial charge is 0.355 e. The fourth-order valence-corrected chi connectivity index (χ4v) is 3.85. The molecular formula is C17H34N2O. The zero-order chi connectivity index (χ0) is 15.2. The maximum Gasteiger partial charge on any atom is 0.227 e. The third-order valence-corrected chi connectivity index (χ3v) is 5.36. The van der Waals surface area contributed by atoms with Crippen LogP contribution in [0.15, 0.2) is 0 Å². The van der Waals surface area contributed by atoms with E-state index >= 15 is 0 Å². The zero-order valence-electron chi connectivity index (χ0n) is 13.9. The summed E-state index contributed by atoms with van der Waals surface area (Å²) in [6.45, 7) is 9.98. The molecule has 0 aromatic heterocycles. The first-order valence-electron chi connectivity index (χ1n) is 8.42. The SMILES string of the molecule is CCC(CC)(CN)C(=O)NCC1(CC(C)C)CCCC1. The smallest absolute Gasteiger partial charge is 0.227 e. The molecule has 1 rings (SSSR count). The number of nitrogens with one attached hydrogen (secondary N) is 1. The van der Waals surface area contributed by atoms with Crippen molar-refractivity contribution >= 4 is 5.91 Å². The second kappa shape index (κ2) is 7.44. The van der Waals surface area contributed by atoms with Crippen LogP contribution in [0.4, 0.5) is 0 Å². The van der Waals surface area contributed by atoms with Crippen molar-refractivity contribution < 1.29 is 4.79 Å². The number of hydrogen-bond acceptors (Lipinski definition) is 2. The van der Waals surface area contributed by atoms with E-state index in [0.717, 1.165) is 19.4 Å². The molecule has 0 aliphatic heterocycles. The van der Waals surface area contributed by atoms with Crippen molar-refractivity contribution in [3.05, 3.63) is 0 Å². The quantitative estimate of drug-likeness (QED) is 0.716. The maximum absolute atomic E-state index is 12.6. The molecule has 1 aliphatic carbocycles. The molecular weight excluding hydrogens is 248 g/mol. The molecule has 0 aromatic rings. The Labute approximate surface area is 125 Å². The van der Waals surface area contributed by atoms with Crippen molar-refractivity contribution in [2.75, 3.05) is 13.1 Å². The highest BCUT2D eigenvalue weighted by molar-refractivity contribution is 5.82. The van der Waals surface area contributed by atoms with E-state index in [1.807, 2.05) is 0 Å². The molecule has 0 spiro atoms. The van der Waals surface area contributed by atoms with Crippen molar-refractivity contribution in [1.82, 2.24) is 5.32 Å². The molecule has 0 heterocycles. The van der Waals surface area contributed by atoms with E-state index in [4.69, 9.17) is 5.73 Å². The number of amides is 1. The van der Waals surface area contributed by atoms with Gasteiger partial charge in [-0.15, -0.1) is 0 Å². The van der Waals surface area contributed by atoms with Crippen LogP contribution in [-0.4, -0.2) is 19.0 Å². The van der Waals surface area contributed by atoms with Crippen molar-refractivity contribution in [2.45, 2.75) is 72.6 Å². The van der Waals surface area contributed by atoms with Crippen LogP contribution in [0.1, 0.15) is 72.6 Å². The van der Waals surface area contributed by atoms with Crippen LogP contribution in [0, 0.1) is 16.7 Å². The fraction of sp³-hybridized carbons (Fsp3) is 0.941. The first-order chi connectivity index (χ1) is 9.43. The molecule has 1 fully saturated rings. The minimum absolute atomic E-state index is 0.167. The molecule has 20 heavy (non-hydrogen) atoms. The van der Waals surface area contributed by atoms with Crippen LogP contribution in [0.3, 0.4) is 0 Å². The summed E-state index contributed by atoms with van der Waals surface area (Å²) in [7, 11) is 0. The molecule has 0 unspecified atom stereocenters. The molecule has 0 bridgehead atoms. The van der Waals surface area contributed by atoms with Gasteiger partial charge in [0.1, 0.15) is 0 Å². The summed E-state index contributed by atoms with van der Waals surface area (Å²) in [6, 6.07) is 0. The van der Waals surface area contributed by atoms with Gasteiger partial charge in [0.05, 0.1) is 5.41 Å². The Hall–Kier alpha value is -0.570. The van der Waals surface area contributed by atoms with E-state index in [0.29, 0.717) is 17.9 Å². The number of hydrogen-bond donors (Lipinski definition) is 2. The summed E-state index contributed by atoms with van der Waals surface area (Å²) >= 11 is 0. The third-order valence-electron chi connectivity index (χ3n) is 5.36. The lowest BCUT2D eigenvalue weighted by molar-refractivity contribution is -0.131. The molecule has 1 aliphatic rings. The molecule has 0 aromatic carbocycles. The normalized spacial score (nSPS) is 18.5. The molecule has 0 saturated heterocycles. The zero-order valence-corrected chi connectivity index (χ0v) is 13.9. The highest BCUT2D eigenvalue weighted by Gasteiger charge is 2.38. The van der Waals surface area contributed by atoms with E-state index < -0.39 is 0 Å². The monoisotopic (exact) mass is 282 g/mol. The lowest BCUT2D eigenvalue weighted by Gasteiger charge is -2.34. The predicted molar refractivity (Wildman–Crippen MR) is 85.4 cm³/mol. The van der Waals surface area contributed by atoms with Crippen LogP contribution in [0.2, 0.25) is 0 Å². The summed E-state index contributed by atoms with van der Waals surface area (Å²) in [6.07, 6.45) is 8.02. The van der Waals surface area contributed by atoms with E-state index in [1.54, 1.807) is 0 Å². The van der Waals surface area contributed by atoms with Crippen LogP contribution in [-0.2, 0) is 4.79 Å². The van der Waals surface area contributed by atoms with E-state index in [1.165, 1.54) is 32.1 Å². The summed E-state index contributed by atoms with van der Waals surface area (Å²) in [5.74, 6) is 0.863. The lowest BCUT2D eigenvalue weighted by atomic mass is 9.77. The van der Waals surface area contributed by atoms with Gasteiger partial charge in [-0.3, -0.25) is 4.79 Å². The van der Waals surface area contributed by atoms with Crippen molar-refractivity contribution in [3.8, 4) is 0 Å². The second-order valence-corrected chi connectivity index (χ2v) is 7.18. The van der Waals surface area contributed by atoms with Crippen LogP contribution in [0.5, 0.6) is 0 Å². The van der Waals surface area contributed by atoms with Crippen molar-refractivity contribution in [3.63, 3.8) is 0 Å². The van der Waals surface area contributed by atoms with Crippen LogP contribution < -0.4 is 11.1 Å². The summed E-state index contributed by atoms with van der Waals surface area (Å²) in [5.41, 5.74) is 5.84. The molecule has 1 amide bonds. The van der Waals surface area contributed by atoms with Crippen LogP contribution >= 0.6 is 0 Å². The Morgan fingerprint density at radius 3 is 2.20 bits per heavy atom. The van der Waals surface area contributed by atoms with Gasteiger partial charge in [0, 0.05) is 13.1 Å². The third kappa shape index (κ3) is 3.97. The summed E-state index contributed by atoms with van der Waals surface area (Å²) in [4.78, 5) is 12.6. The Kier molecular flexibility index (Phi) is 6.50. The minimum Gasteiger partial charge on any atom is -0.355 e. The Bertz CT molecular complexity index is 294. The number of rotatable bonds is 8. The number of carbonyl (C=O) groups excluding carboxylic acids is 1. The van der Waals surface area contributed by atoms with Gasteiger partial charge in [-0.1, -0.05) is 40.5 Å². The van der Waals surface area contributed by atoms with Gasteiger partial charge >= 0.3 is 0 Å². The Balaban J connectivity index is 2.65. The van der Waals surface area contributed by atoms with E-state index in [9.17, 15) is 4.79 Å². The Morgan fingerprint density at radius 1 is 1.25 bits per heavy atom. The average molecular weight is 282 g/mol. The van der Waals surface area contributed by atoms with Gasteiger partial charge in [0.2, 0.25) is 5.91 Å². The van der Waals surface area contributed by atoms with Gasteiger partial charge in [0.15, 0.2) is 0 Å². The molecule has 118 valence electrons. The number of carbonyl (C=O) groups is 1. The molecule has 0 radical (unpaired) electrons. The minimum atomic E-state index is -0.363. The predicted octanol–water partition coefficient (Wildman–Crippen LogP) is 3.47. The van der Waals surface area contributed by atoms with Gasteiger partial charge < -0.3 is 11.1 Å². The first-order valence-corrected chi connectivity index (χ1v) is 8.42. The summed E-state index contributed by atoms with van der Waals surface area (Å²) in [5, 5.41) is 3.25. The van der Waals surface area contributed by atoms with E-state index in [2.05, 4.69) is 33.0 Å². The molecule has 0 atom stereocenters. The summed E-state index contributed by atoms with van der Waals surface area (Å²) < 4.78 is 0. The standard InChI is InChI=1S/C17H34N2O/c1-5-17(6-2,12-18)15(20)19-13-16(11-14(3)4)9-7-8-10-16/h14H,5-13,18H2,1-4H3,(H,19,20). The van der Waals surface area contributed by atoms with Gasteiger partial charge in [0.25, 0.3) is 0 Å². The Morgan fingerprint density at radius 2 is 1.80 bits per heavy atom. The highest BCUT2D eigenvalue weighted by atomic mass is 16.2. The van der Waals surface area contributed by atoms with Gasteiger partial charge in [-0.2, -0.15) is 0 Å². The lowest BCUT2D eigenvalue weighted by Crippen LogP contribution is -2.48. The van der Waals surface area contributed by atoms with Crippen molar-refractivity contribution in [1.29, 1.82) is 0 Å². The molecule has 3 heteroatoms. The molecule has 3 nitrogen and oxygen atoms in total. The average Bonchev–Trinajstić information content (AvgIpc) is 2.87. The fourth-order valence-electron chi connectivity index (χ4n) is 3.85. The highest BCUT2D eigenvalue weighted by Crippen LogP contribution is 2.42. The molecule has 3 N–H and O–H groups in total. The van der Waals surface area contributed by atoms with Gasteiger partial charge in [-0.05, 0) is 43.4 Å². The van der Waals surface area contributed by atoms with Crippen LogP contribution in [0.25, 0.3) is 0 Å². The first kappa shape index (κ1) is 17.5. The molecule has 1 saturated carbocycles. The van der Waals surface area contributed by atoms with E-state index in [-0.39, 0.29) is 11.3 Å². The second-order valence-electron chi connectivity index (χ2n) is 7.18.